The van der Waals surface area contributed by atoms with Gasteiger partial charge in [0, 0.05) is 16.3 Å². The first kappa shape index (κ1) is 20.8. The predicted octanol–water partition coefficient (Wildman–Crippen LogP) is 5.09. The minimum Gasteiger partial charge on any atom is -0.467 e. The Bertz CT molecular complexity index is 1010. The maximum absolute atomic E-state index is 13.3. The molecular formula is C23H25BrN2O4. The molecule has 2 unspecified atom stereocenters. The van der Waals surface area contributed by atoms with Gasteiger partial charge in [0.2, 0.25) is 5.91 Å². The summed E-state index contributed by atoms with van der Waals surface area (Å²) >= 11 is 3.36. The van der Waals surface area contributed by atoms with E-state index in [4.69, 9.17) is 9.25 Å². The molecule has 2 atom stereocenters. The summed E-state index contributed by atoms with van der Waals surface area (Å²) < 4.78 is 5.99. The van der Waals surface area contributed by atoms with Crippen molar-refractivity contribution in [2.45, 2.75) is 46.6 Å². The molecule has 1 amide bonds. The van der Waals surface area contributed by atoms with E-state index in [0.29, 0.717) is 28.8 Å². The molecule has 30 heavy (non-hydrogen) atoms. The van der Waals surface area contributed by atoms with Gasteiger partial charge in [-0.3, -0.25) is 4.79 Å². The topological polar surface area (TPSA) is 80.9 Å². The number of benzene rings is 1. The lowest BCUT2D eigenvalue weighted by molar-refractivity contribution is -0.136. The molecule has 7 heteroatoms. The molecule has 6 nitrogen and oxygen atoms in total. The summed E-state index contributed by atoms with van der Waals surface area (Å²) in [5, 5.41) is 7.31. The van der Waals surface area contributed by atoms with E-state index in [1.54, 1.807) is 30.5 Å². The van der Waals surface area contributed by atoms with Crippen LogP contribution in [0.5, 0.6) is 0 Å². The average Bonchev–Trinajstić information content (AvgIpc) is 3.35. The molecule has 1 N–H and O–H groups in total. The summed E-state index contributed by atoms with van der Waals surface area (Å²) in [5.41, 5.74) is -0.0466. The molecule has 2 aromatic rings. The van der Waals surface area contributed by atoms with Crippen LogP contribution in [0.15, 0.2) is 56.7 Å². The molecule has 1 heterocycles. The normalized spacial score (nSPS) is 27.9. The largest absolute Gasteiger partial charge is 0.467 e. The van der Waals surface area contributed by atoms with Crippen LogP contribution < -0.4 is 5.32 Å². The number of hydrogen-bond donors (Lipinski definition) is 1. The van der Waals surface area contributed by atoms with Gasteiger partial charge in [-0.15, -0.1) is 0 Å². The van der Waals surface area contributed by atoms with Crippen molar-refractivity contribution in [1.29, 1.82) is 0 Å². The zero-order valence-corrected chi connectivity index (χ0v) is 18.9. The third-order valence-corrected chi connectivity index (χ3v) is 8.20. The van der Waals surface area contributed by atoms with Crippen molar-refractivity contribution in [1.82, 2.24) is 5.32 Å². The van der Waals surface area contributed by atoms with Crippen molar-refractivity contribution >= 4 is 33.5 Å². The van der Waals surface area contributed by atoms with E-state index in [0.717, 1.165) is 18.6 Å². The molecule has 2 bridgehead atoms. The molecule has 2 saturated carbocycles. The van der Waals surface area contributed by atoms with Gasteiger partial charge in [0.15, 0.2) is 0 Å². The summed E-state index contributed by atoms with van der Waals surface area (Å²) in [5.74, 6) is 0.193. The van der Waals surface area contributed by atoms with E-state index in [2.05, 4.69) is 47.2 Å². The number of amides is 1. The quantitative estimate of drug-likeness (QED) is 0.485. The van der Waals surface area contributed by atoms with Gasteiger partial charge in [-0.05, 0) is 58.5 Å². The van der Waals surface area contributed by atoms with Crippen molar-refractivity contribution < 1.29 is 18.8 Å². The van der Waals surface area contributed by atoms with Crippen molar-refractivity contribution in [2.24, 2.45) is 21.4 Å². The van der Waals surface area contributed by atoms with Crippen LogP contribution in [-0.2, 0) is 16.2 Å². The van der Waals surface area contributed by atoms with Crippen molar-refractivity contribution in [2.75, 3.05) is 0 Å². The van der Waals surface area contributed by atoms with Gasteiger partial charge < -0.3 is 14.6 Å². The van der Waals surface area contributed by atoms with Crippen molar-refractivity contribution in [3.8, 4) is 0 Å². The fourth-order valence-electron chi connectivity index (χ4n) is 5.04. The first-order valence-electron chi connectivity index (χ1n) is 10.1. The third-order valence-electron chi connectivity index (χ3n) is 7.50. The highest BCUT2D eigenvalue weighted by molar-refractivity contribution is 9.10. The standard InChI is InChI=1S/C23H25BrN2O4/c1-21(2)22(3)10-11-23(21,20(28)25-14-15-7-6-12-29-15)13-18(22)26-30-19(27)16-8-4-5-9-17(16)24/h4-9,12H,10-11,13-14H2,1-3H3,(H,25,28). The van der Waals surface area contributed by atoms with Gasteiger partial charge in [0.1, 0.15) is 5.76 Å². The Hall–Kier alpha value is -2.41. The molecule has 158 valence electrons. The number of rotatable bonds is 5. The summed E-state index contributed by atoms with van der Waals surface area (Å²) in [4.78, 5) is 31.1. The molecule has 1 aromatic heterocycles. The van der Waals surface area contributed by atoms with E-state index in [1.165, 1.54) is 0 Å². The Morgan fingerprint density at radius 3 is 2.63 bits per heavy atom. The van der Waals surface area contributed by atoms with Crippen molar-refractivity contribution in [3.05, 3.63) is 58.5 Å². The number of nitrogens with one attached hydrogen (secondary N) is 1. The Labute approximate surface area is 184 Å². The molecule has 2 aliphatic rings. The number of hydrogen-bond acceptors (Lipinski definition) is 5. The Morgan fingerprint density at radius 1 is 1.17 bits per heavy atom. The first-order chi connectivity index (χ1) is 14.2. The van der Waals surface area contributed by atoms with Crippen LogP contribution in [0.2, 0.25) is 0 Å². The summed E-state index contributed by atoms with van der Waals surface area (Å²) in [6, 6.07) is 10.7. The Balaban J connectivity index is 1.55. The Kier molecular flexibility index (Phi) is 5.12. The lowest BCUT2D eigenvalue weighted by atomic mass is 9.64. The number of carbonyl (C=O) groups is 2. The lowest BCUT2D eigenvalue weighted by Gasteiger charge is -2.39. The average molecular weight is 473 g/mol. The first-order valence-corrected chi connectivity index (χ1v) is 10.8. The number of oxime groups is 1. The van der Waals surface area contributed by atoms with Gasteiger partial charge in [-0.25, -0.2) is 4.79 Å². The van der Waals surface area contributed by atoms with E-state index < -0.39 is 11.4 Å². The molecule has 0 aliphatic heterocycles. The zero-order valence-electron chi connectivity index (χ0n) is 17.3. The highest BCUT2D eigenvalue weighted by Gasteiger charge is 2.71. The minimum atomic E-state index is -0.590. The van der Waals surface area contributed by atoms with Gasteiger partial charge >= 0.3 is 5.97 Å². The molecule has 4 rings (SSSR count). The van der Waals surface area contributed by atoms with Crippen LogP contribution in [-0.4, -0.2) is 17.6 Å². The molecule has 0 saturated heterocycles. The summed E-state index contributed by atoms with van der Waals surface area (Å²) in [6.45, 7) is 6.70. The number of halogens is 1. The molecular weight excluding hydrogens is 448 g/mol. The van der Waals surface area contributed by atoms with Crippen molar-refractivity contribution in [3.63, 3.8) is 0 Å². The Morgan fingerprint density at radius 2 is 1.93 bits per heavy atom. The zero-order chi connectivity index (χ0) is 21.6. The van der Waals surface area contributed by atoms with Crippen LogP contribution in [0.4, 0.5) is 0 Å². The lowest BCUT2D eigenvalue weighted by Crippen LogP contribution is -2.46. The predicted molar refractivity (Wildman–Crippen MR) is 116 cm³/mol. The van der Waals surface area contributed by atoms with E-state index in [-0.39, 0.29) is 16.7 Å². The SMILES string of the molecule is CC12CCC(C(=O)NCc3ccco3)(CC1=NOC(=O)c1ccccc1Br)C2(C)C. The van der Waals surface area contributed by atoms with Gasteiger partial charge in [0.25, 0.3) is 0 Å². The third kappa shape index (κ3) is 3.02. The van der Waals surface area contributed by atoms with Gasteiger partial charge in [-0.2, -0.15) is 0 Å². The fraction of sp³-hybridized carbons (Fsp3) is 0.435. The van der Waals surface area contributed by atoms with E-state index in [1.807, 2.05) is 12.1 Å². The second kappa shape index (κ2) is 7.38. The molecule has 0 spiro atoms. The van der Waals surface area contributed by atoms with Crippen LogP contribution >= 0.6 is 15.9 Å². The van der Waals surface area contributed by atoms with Crippen LogP contribution in [0, 0.1) is 16.2 Å². The molecule has 2 aliphatic carbocycles. The maximum Gasteiger partial charge on any atom is 0.366 e. The second-order valence-electron chi connectivity index (χ2n) is 8.87. The smallest absolute Gasteiger partial charge is 0.366 e. The summed E-state index contributed by atoms with van der Waals surface area (Å²) in [7, 11) is 0. The monoisotopic (exact) mass is 472 g/mol. The number of nitrogens with zero attached hydrogens (tertiary/aromatic N) is 1. The van der Waals surface area contributed by atoms with Gasteiger partial charge in [-0.1, -0.05) is 38.1 Å². The summed E-state index contributed by atoms with van der Waals surface area (Å²) in [6.07, 6.45) is 3.66. The number of carbonyl (C=O) groups excluding carboxylic acids is 2. The minimum absolute atomic E-state index is 0.00467. The molecule has 0 radical (unpaired) electrons. The highest BCUT2D eigenvalue weighted by Crippen LogP contribution is 2.71. The van der Waals surface area contributed by atoms with E-state index in [9.17, 15) is 9.59 Å². The van der Waals surface area contributed by atoms with Gasteiger partial charge in [0.05, 0.1) is 29.5 Å². The van der Waals surface area contributed by atoms with Crippen LogP contribution in [0.3, 0.4) is 0 Å². The number of fused-ring (bicyclic) bond motifs is 2. The van der Waals surface area contributed by atoms with E-state index >= 15 is 0 Å². The van der Waals surface area contributed by atoms with Crippen LogP contribution in [0.25, 0.3) is 0 Å². The maximum atomic E-state index is 13.3. The number of furan rings is 1. The second-order valence-corrected chi connectivity index (χ2v) is 9.73. The van der Waals surface area contributed by atoms with Crippen LogP contribution in [0.1, 0.15) is 56.2 Å². The molecule has 2 fully saturated rings. The fourth-order valence-corrected chi connectivity index (χ4v) is 5.49. The molecule has 1 aromatic carbocycles. The highest BCUT2D eigenvalue weighted by atomic mass is 79.9.